The van der Waals surface area contributed by atoms with Crippen molar-refractivity contribution in [3.05, 3.63) is 51.9 Å². The number of nitriles is 1. The van der Waals surface area contributed by atoms with Crippen molar-refractivity contribution in [2.75, 3.05) is 5.73 Å². The molecule has 0 bridgehead atoms. The number of anilines is 1. The topological polar surface area (TPSA) is 100.0 Å². The van der Waals surface area contributed by atoms with E-state index in [-0.39, 0.29) is 11.5 Å². The third-order valence-electron chi connectivity index (χ3n) is 3.58. The van der Waals surface area contributed by atoms with E-state index in [0.717, 1.165) is 5.56 Å². The van der Waals surface area contributed by atoms with E-state index in [1.807, 2.05) is 32.0 Å². The molecule has 1 aromatic carbocycles. The van der Waals surface area contributed by atoms with Gasteiger partial charge < -0.3 is 5.73 Å². The maximum atomic E-state index is 12.7. The number of fused-ring (bicyclic) bond motifs is 1. The van der Waals surface area contributed by atoms with E-state index in [1.165, 1.54) is 10.7 Å². The Hall–Kier alpha value is -3.07. The fourth-order valence-electron chi connectivity index (χ4n) is 2.49. The minimum atomic E-state index is -0.187. The largest absolute Gasteiger partial charge is 0.399 e. The van der Waals surface area contributed by atoms with Gasteiger partial charge in [0.1, 0.15) is 11.6 Å². The number of nitrogen functional groups attached to an aromatic ring is 1. The van der Waals surface area contributed by atoms with Gasteiger partial charge in [-0.3, -0.25) is 9.89 Å². The number of H-pyrrole nitrogens is 1. The molecule has 110 valence electrons. The van der Waals surface area contributed by atoms with Gasteiger partial charge in [0.15, 0.2) is 5.65 Å². The van der Waals surface area contributed by atoms with Gasteiger partial charge in [-0.05, 0) is 18.1 Å². The van der Waals surface area contributed by atoms with Crippen LogP contribution in [0.25, 0.3) is 16.9 Å². The summed E-state index contributed by atoms with van der Waals surface area (Å²) in [5, 5.41) is 11.9. The van der Waals surface area contributed by atoms with Crippen LogP contribution in [0.3, 0.4) is 0 Å². The lowest BCUT2D eigenvalue weighted by Crippen LogP contribution is -2.22. The second-order valence-electron chi connectivity index (χ2n) is 5.41. The van der Waals surface area contributed by atoms with Crippen molar-refractivity contribution in [3.63, 3.8) is 0 Å². The highest BCUT2D eigenvalue weighted by Crippen LogP contribution is 2.26. The zero-order valence-electron chi connectivity index (χ0n) is 12.3. The predicted molar refractivity (Wildman–Crippen MR) is 84.5 cm³/mol. The third-order valence-corrected chi connectivity index (χ3v) is 3.58. The van der Waals surface area contributed by atoms with Gasteiger partial charge in [-0.15, -0.1) is 0 Å². The van der Waals surface area contributed by atoms with Crippen LogP contribution >= 0.6 is 0 Å². The average molecular weight is 293 g/mol. The summed E-state index contributed by atoms with van der Waals surface area (Å²) >= 11 is 0. The second kappa shape index (κ2) is 5.04. The van der Waals surface area contributed by atoms with Gasteiger partial charge in [-0.2, -0.15) is 5.26 Å². The number of nitrogens with one attached hydrogen (secondary N) is 1. The molecule has 0 aliphatic rings. The highest BCUT2D eigenvalue weighted by Gasteiger charge is 2.19. The maximum absolute atomic E-state index is 12.7. The Kier molecular flexibility index (Phi) is 3.18. The molecule has 2 aromatic heterocycles. The van der Waals surface area contributed by atoms with Gasteiger partial charge >= 0.3 is 0 Å². The van der Waals surface area contributed by atoms with Crippen molar-refractivity contribution in [2.45, 2.75) is 19.8 Å². The number of benzene rings is 1. The number of nitrogens with two attached hydrogens (primary N) is 1. The molecule has 0 aliphatic carbocycles. The summed E-state index contributed by atoms with van der Waals surface area (Å²) in [6.45, 7) is 3.89. The van der Waals surface area contributed by atoms with Crippen molar-refractivity contribution >= 4 is 11.3 Å². The Morgan fingerprint density at radius 3 is 2.59 bits per heavy atom. The van der Waals surface area contributed by atoms with Crippen LogP contribution in [0.4, 0.5) is 5.69 Å². The van der Waals surface area contributed by atoms with Crippen LogP contribution in [0.5, 0.6) is 0 Å². The lowest BCUT2D eigenvalue weighted by atomic mass is 9.98. The van der Waals surface area contributed by atoms with Gasteiger partial charge in [0.05, 0.1) is 5.69 Å². The lowest BCUT2D eigenvalue weighted by molar-refractivity contribution is 0.797. The first-order chi connectivity index (χ1) is 10.5. The van der Waals surface area contributed by atoms with Crippen LogP contribution in [0.15, 0.2) is 35.3 Å². The number of hydrogen-bond donors (Lipinski definition) is 2. The molecule has 0 radical (unpaired) electrons. The van der Waals surface area contributed by atoms with E-state index in [9.17, 15) is 4.79 Å². The number of rotatable bonds is 2. The molecule has 2 heterocycles. The number of nitrogens with zero attached hydrogens (tertiary/aromatic N) is 3. The summed E-state index contributed by atoms with van der Waals surface area (Å²) in [5.41, 5.74) is 8.86. The standard InChI is InChI=1S/C16H15N5O/c1-9(2)13-14(10-3-5-12(18)6-4-10)20-15-11(7-17)8-19-21(15)16(13)22/h3-6,8-9,19H,18H2,1-2H3. The van der Waals surface area contributed by atoms with Gasteiger partial charge in [0.25, 0.3) is 5.56 Å². The van der Waals surface area contributed by atoms with Crippen molar-refractivity contribution < 1.29 is 0 Å². The molecule has 6 nitrogen and oxygen atoms in total. The van der Waals surface area contributed by atoms with Crippen LogP contribution in [-0.2, 0) is 0 Å². The molecule has 0 atom stereocenters. The molecule has 0 spiro atoms. The minimum absolute atomic E-state index is 0.00158. The Labute approximate surface area is 126 Å². The van der Waals surface area contributed by atoms with E-state index < -0.39 is 0 Å². The first-order valence-electron chi connectivity index (χ1n) is 6.93. The Morgan fingerprint density at radius 1 is 1.32 bits per heavy atom. The first-order valence-corrected chi connectivity index (χ1v) is 6.93. The molecular weight excluding hydrogens is 278 g/mol. The fraction of sp³-hybridized carbons (Fsp3) is 0.188. The highest BCUT2D eigenvalue weighted by atomic mass is 16.1. The molecule has 22 heavy (non-hydrogen) atoms. The van der Waals surface area contributed by atoms with Crippen molar-refractivity contribution in [2.24, 2.45) is 0 Å². The van der Waals surface area contributed by atoms with Crippen LogP contribution in [0.2, 0.25) is 0 Å². The number of aromatic amines is 1. The SMILES string of the molecule is CC(C)c1c(-c2ccc(N)cc2)nc2c(C#N)c[nH]n2c1=O. The first kappa shape index (κ1) is 13.9. The minimum Gasteiger partial charge on any atom is -0.399 e. The molecule has 3 aromatic rings. The van der Waals surface area contributed by atoms with E-state index >= 15 is 0 Å². The summed E-state index contributed by atoms with van der Waals surface area (Å²) < 4.78 is 1.31. The van der Waals surface area contributed by atoms with Gasteiger partial charge in [-0.1, -0.05) is 26.0 Å². The molecule has 0 aliphatic heterocycles. The second-order valence-corrected chi connectivity index (χ2v) is 5.41. The zero-order valence-corrected chi connectivity index (χ0v) is 12.3. The number of aromatic nitrogens is 3. The van der Waals surface area contributed by atoms with E-state index in [1.54, 1.807) is 12.1 Å². The lowest BCUT2D eigenvalue weighted by Gasteiger charge is -2.12. The Morgan fingerprint density at radius 2 is 2.00 bits per heavy atom. The molecular formula is C16H15N5O. The predicted octanol–water partition coefficient (Wildman–Crippen LogP) is 2.27. The van der Waals surface area contributed by atoms with E-state index in [0.29, 0.717) is 28.2 Å². The molecule has 6 heteroatoms. The highest BCUT2D eigenvalue weighted by molar-refractivity contribution is 5.69. The molecule has 0 amide bonds. The van der Waals surface area contributed by atoms with Gasteiger partial charge in [-0.25, -0.2) is 9.50 Å². The smallest absolute Gasteiger partial charge is 0.276 e. The quantitative estimate of drug-likeness (QED) is 0.708. The van der Waals surface area contributed by atoms with Crippen LogP contribution in [0, 0.1) is 11.3 Å². The molecule has 0 fully saturated rings. The average Bonchev–Trinajstić information content (AvgIpc) is 2.90. The van der Waals surface area contributed by atoms with E-state index in [2.05, 4.69) is 10.1 Å². The molecule has 0 unspecified atom stereocenters. The normalized spacial score (nSPS) is 11.0. The van der Waals surface area contributed by atoms with Crippen molar-refractivity contribution in [1.82, 2.24) is 14.6 Å². The summed E-state index contributed by atoms with van der Waals surface area (Å²) in [6, 6.07) is 9.24. The van der Waals surface area contributed by atoms with Crippen molar-refractivity contribution in [1.29, 1.82) is 5.26 Å². The van der Waals surface area contributed by atoms with Crippen LogP contribution < -0.4 is 11.3 Å². The summed E-state index contributed by atoms with van der Waals surface area (Å²) in [7, 11) is 0. The molecule has 0 saturated heterocycles. The third kappa shape index (κ3) is 2.04. The monoisotopic (exact) mass is 293 g/mol. The van der Waals surface area contributed by atoms with Gasteiger partial charge in [0.2, 0.25) is 0 Å². The molecule has 0 saturated carbocycles. The maximum Gasteiger partial charge on any atom is 0.276 e. The Balaban J connectivity index is 2.41. The van der Waals surface area contributed by atoms with Crippen LogP contribution in [-0.4, -0.2) is 14.6 Å². The Bertz CT molecular complexity index is 942. The zero-order chi connectivity index (χ0) is 15.9. The summed E-state index contributed by atoms with van der Waals surface area (Å²) in [4.78, 5) is 17.3. The van der Waals surface area contributed by atoms with Crippen molar-refractivity contribution in [3.8, 4) is 17.3 Å². The molecule has 3 N–H and O–H groups in total. The van der Waals surface area contributed by atoms with Crippen LogP contribution in [0.1, 0.15) is 30.9 Å². The summed E-state index contributed by atoms with van der Waals surface area (Å²) in [5.74, 6) is -0.00158. The number of hydrogen-bond acceptors (Lipinski definition) is 4. The van der Waals surface area contributed by atoms with Gasteiger partial charge in [0, 0.05) is 23.0 Å². The fourth-order valence-corrected chi connectivity index (χ4v) is 2.49. The molecule has 3 rings (SSSR count). The van der Waals surface area contributed by atoms with E-state index in [4.69, 9.17) is 11.0 Å². The summed E-state index contributed by atoms with van der Waals surface area (Å²) in [6.07, 6.45) is 1.49.